The minimum Gasteiger partial charge on any atom is -0.481 e. The van der Waals surface area contributed by atoms with Crippen molar-refractivity contribution < 1.29 is 14.6 Å². The summed E-state index contributed by atoms with van der Waals surface area (Å²) in [7, 11) is 0. The Morgan fingerprint density at radius 2 is 2.12 bits per heavy atom. The number of halogens is 1. The molecule has 1 aromatic heterocycles. The molecular weight excluding hydrogens is 354 g/mol. The summed E-state index contributed by atoms with van der Waals surface area (Å²) in [4.78, 5) is 15.2. The third kappa shape index (κ3) is 4.29. The second-order valence-electron chi connectivity index (χ2n) is 5.58. The van der Waals surface area contributed by atoms with Crippen LogP contribution in [0.25, 0.3) is 10.9 Å². The largest absolute Gasteiger partial charge is 0.481 e. The number of carboxylic acid groups (broad SMARTS) is 1. The number of benzene rings is 2. The van der Waals surface area contributed by atoms with Gasteiger partial charge in [0.25, 0.3) is 0 Å². The standard InChI is InChI=1S/C19H16ClN3O3/c1-12-8-18(22-16-7-6-14(20)9-15(12)16)23-21-10-13-4-2-3-5-17(13)26-11-19(24)25/h2-10H,11H2,1H3,(H,22,23)(H,24,25)/b21-10-. The lowest BCUT2D eigenvalue weighted by molar-refractivity contribution is -0.139. The third-order valence-corrected chi connectivity index (χ3v) is 3.87. The first-order chi connectivity index (χ1) is 12.5. The molecule has 3 rings (SSSR count). The number of nitrogens with zero attached hydrogens (tertiary/aromatic N) is 2. The van der Waals surface area contributed by atoms with Crippen LogP contribution in [-0.4, -0.2) is 28.9 Å². The van der Waals surface area contributed by atoms with E-state index in [1.165, 1.54) is 0 Å². The second kappa shape index (κ2) is 7.84. The maximum Gasteiger partial charge on any atom is 0.341 e. The molecule has 0 bridgehead atoms. The lowest BCUT2D eigenvalue weighted by Crippen LogP contribution is -2.10. The van der Waals surface area contributed by atoms with Crippen LogP contribution in [0.15, 0.2) is 53.6 Å². The number of carboxylic acids is 1. The SMILES string of the molecule is Cc1cc(N/N=C\c2ccccc2OCC(=O)O)nc2ccc(Cl)cc12. The molecule has 0 atom stereocenters. The number of nitrogens with one attached hydrogen (secondary N) is 1. The van der Waals surface area contributed by atoms with Crippen LogP contribution in [0.4, 0.5) is 5.82 Å². The molecule has 2 aromatic carbocycles. The Kier molecular flexibility index (Phi) is 5.34. The zero-order valence-electron chi connectivity index (χ0n) is 13.9. The lowest BCUT2D eigenvalue weighted by Gasteiger charge is -2.07. The molecule has 0 aliphatic heterocycles. The van der Waals surface area contributed by atoms with Gasteiger partial charge in [-0.05, 0) is 48.9 Å². The van der Waals surface area contributed by atoms with E-state index >= 15 is 0 Å². The lowest BCUT2D eigenvalue weighted by atomic mass is 10.1. The number of anilines is 1. The van der Waals surface area contributed by atoms with Crippen molar-refractivity contribution in [3.63, 3.8) is 0 Å². The van der Waals surface area contributed by atoms with Gasteiger partial charge in [-0.1, -0.05) is 23.7 Å². The number of carbonyl (C=O) groups is 1. The molecule has 0 radical (unpaired) electrons. The molecule has 132 valence electrons. The number of ether oxygens (including phenoxy) is 1. The highest BCUT2D eigenvalue weighted by Crippen LogP contribution is 2.23. The molecule has 26 heavy (non-hydrogen) atoms. The van der Waals surface area contributed by atoms with Crippen molar-refractivity contribution in [3.05, 3.63) is 64.7 Å². The minimum atomic E-state index is -1.04. The fourth-order valence-electron chi connectivity index (χ4n) is 2.45. The molecule has 7 heteroatoms. The van der Waals surface area contributed by atoms with Crippen molar-refractivity contribution in [1.29, 1.82) is 0 Å². The summed E-state index contributed by atoms with van der Waals surface area (Å²) in [6.45, 7) is 1.57. The average molecular weight is 370 g/mol. The summed E-state index contributed by atoms with van der Waals surface area (Å²) in [6.07, 6.45) is 1.56. The van der Waals surface area contributed by atoms with Gasteiger partial charge < -0.3 is 9.84 Å². The molecule has 0 aliphatic carbocycles. The zero-order chi connectivity index (χ0) is 18.5. The Hall–Kier alpha value is -3.12. The maximum atomic E-state index is 10.7. The van der Waals surface area contributed by atoms with Crippen molar-refractivity contribution in [3.8, 4) is 5.75 Å². The number of hydrazone groups is 1. The van der Waals surface area contributed by atoms with E-state index in [-0.39, 0.29) is 0 Å². The summed E-state index contributed by atoms with van der Waals surface area (Å²) in [5.74, 6) is 0.000982. The molecule has 0 amide bonds. The van der Waals surface area contributed by atoms with Gasteiger partial charge in [-0.25, -0.2) is 9.78 Å². The molecular formula is C19H16ClN3O3. The Labute approximate surface area is 155 Å². The molecule has 6 nitrogen and oxygen atoms in total. The summed E-state index contributed by atoms with van der Waals surface area (Å²) in [6, 6.07) is 14.5. The van der Waals surface area contributed by atoms with Crippen molar-refractivity contribution >= 4 is 40.5 Å². The Balaban J connectivity index is 1.78. The van der Waals surface area contributed by atoms with Gasteiger partial charge in [-0.2, -0.15) is 5.10 Å². The van der Waals surface area contributed by atoms with E-state index in [0.717, 1.165) is 16.5 Å². The predicted molar refractivity (Wildman–Crippen MR) is 102 cm³/mol. The molecule has 1 heterocycles. The smallest absolute Gasteiger partial charge is 0.341 e. The van der Waals surface area contributed by atoms with Crippen molar-refractivity contribution in [1.82, 2.24) is 4.98 Å². The Morgan fingerprint density at radius 3 is 2.92 bits per heavy atom. The zero-order valence-corrected chi connectivity index (χ0v) is 14.7. The number of hydrogen-bond acceptors (Lipinski definition) is 5. The fraction of sp³-hybridized carbons (Fsp3) is 0.105. The van der Waals surface area contributed by atoms with E-state index in [1.807, 2.05) is 31.2 Å². The number of para-hydroxylation sites is 1. The number of aryl methyl sites for hydroxylation is 1. The van der Waals surface area contributed by atoms with Gasteiger partial charge in [-0.3, -0.25) is 5.43 Å². The van der Waals surface area contributed by atoms with Crippen LogP contribution >= 0.6 is 11.6 Å². The first-order valence-corrected chi connectivity index (χ1v) is 8.20. The van der Waals surface area contributed by atoms with Crippen LogP contribution in [0.1, 0.15) is 11.1 Å². The van der Waals surface area contributed by atoms with Crippen LogP contribution in [0, 0.1) is 6.92 Å². The Morgan fingerprint density at radius 1 is 1.31 bits per heavy atom. The number of fused-ring (bicyclic) bond motifs is 1. The van der Waals surface area contributed by atoms with Gasteiger partial charge in [0.15, 0.2) is 6.61 Å². The van der Waals surface area contributed by atoms with Gasteiger partial charge in [0.05, 0.1) is 11.7 Å². The highest BCUT2D eigenvalue weighted by atomic mass is 35.5. The minimum absolute atomic E-state index is 0.410. The fourth-order valence-corrected chi connectivity index (χ4v) is 2.62. The average Bonchev–Trinajstić information content (AvgIpc) is 2.61. The number of rotatable bonds is 6. The molecule has 0 saturated heterocycles. The monoisotopic (exact) mass is 369 g/mol. The van der Waals surface area contributed by atoms with Crippen LogP contribution < -0.4 is 10.2 Å². The first-order valence-electron chi connectivity index (χ1n) is 7.82. The molecule has 3 aromatic rings. The molecule has 2 N–H and O–H groups in total. The topological polar surface area (TPSA) is 83.8 Å². The van der Waals surface area contributed by atoms with Gasteiger partial charge in [-0.15, -0.1) is 0 Å². The van der Waals surface area contributed by atoms with E-state index in [9.17, 15) is 4.79 Å². The second-order valence-corrected chi connectivity index (χ2v) is 6.01. The van der Waals surface area contributed by atoms with Crippen LogP contribution in [0.5, 0.6) is 5.75 Å². The molecule has 0 saturated carbocycles. The number of hydrogen-bond donors (Lipinski definition) is 2. The number of aromatic nitrogens is 1. The van der Waals surface area contributed by atoms with E-state index < -0.39 is 12.6 Å². The third-order valence-electron chi connectivity index (χ3n) is 3.63. The van der Waals surface area contributed by atoms with Crippen molar-refractivity contribution in [2.75, 3.05) is 12.0 Å². The van der Waals surface area contributed by atoms with E-state index in [0.29, 0.717) is 22.2 Å². The molecule has 0 spiro atoms. The van der Waals surface area contributed by atoms with E-state index in [1.54, 1.807) is 30.5 Å². The van der Waals surface area contributed by atoms with Gasteiger partial charge in [0, 0.05) is 16.0 Å². The molecule has 0 unspecified atom stereocenters. The van der Waals surface area contributed by atoms with Crippen LogP contribution in [0.2, 0.25) is 5.02 Å². The van der Waals surface area contributed by atoms with E-state index in [4.69, 9.17) is 21.4 Å². The normalized spacial score (nSPS) is 11.0. The highest BCUT2D eigenvalue weighted by molar-refractivity contribution is 6.31. The van der Waals surface area contributed by atoms with Gasteiger partial charge in [0.2, 0.25) is 0 Å². The van der Waals surface area contributed by atoms with Crippen molar-refractivity contribution in [2.45, 2.75) is 6.92 Å². The van der Waals surface area contributed by atoms with Gasteiger partial charge >= 0.3 is 5.97 Å². The van der Waals surface area contributed by atoms with Crippen LogP contribution in [0.3, 0.4) is 0 Å². The molecule has 0 fully saturated rings. The highest BCUT2D eigenvalue weighted by Gasteiger charge is 2.05. The maximum absolute atomic E-state index is 10.7. The first kappa shape index (κ1) is 17.7. The summed E-state index contributed by atoms with van der Waals surface area (Å²) in [5.41, 5.74) is 5.39. The summed E-state index contributed by atoms with van der Waals surface area (Å²) in [5, 5.41) is 14.6. The summed E-state index contributed by atoms with van der Waals surface area (Å²) < 4.78 is 5.24. The van der Waals surface area contributed by atoms with Crippen molar-refractivity contribution in [2.24, 2.45) is 5.10 Å². The predicted octanol–water partition coefficient (Wildman–Crippen LogP) is 4.11. The summed E-state index contributed by atoms with van der Waals surface area (Å²) >= 11 is 6.03. The van der Waals surface area contributed by atoms with Crippen LogP contribution in [-0.2, 0) is 4.79 Å². The van der Waals surface area contributed by atoms with Gasteiger partial charge in [0.1, 0.15) is 11.6 Å². The molecule has 0 aliphatic rings. The number of pyridine rings is 1. The Bertz CT molecular complexity index is 989. The number of aliphatic carboxylic acids is 1. The quantitative estimate of drug-likeness (QED) is 0.504. The van der Waals surface area contributed by atoms with E-state index in [2.05, 4.69) is 15.5 Å².